The Kier molecular flexibility index (Phi) is 3.17. The molecular formula is C13H14S2. The second-order valence-electron chi connectivity index (χ2n) is 3.53. The summed E-state index contributed by atoms with van der Waals surface area (Å²) in [4.78, 5) is 2.45. The molecule has 0 N–H and O–H groups in total. The Morgan fingerprint density at radius 3 is 2.93 bits per heavy atom. The molecule has 0 saturated carbocycles. The summed E-state index contributed by atoms with van der Waals surface area (Å²) in [7, 11) is 0. The largest absolute Gasteiger partial charge is 0.143 e. The molecule has 2 heteroatoms. The lowest BCUT2D eigenvalue weighted by Crippen LogP contribution is -1.74. The van der Waals surface area contributed by atoms with E-state index in [0.29, 0.717) is 0 Å². The van der Waals surface area contributed by atoms with Crippen LogP contribution in [0.2, 0.25) is 0 Å². The van der Waals surface area contributed by atoms with Crippen LogP contribution in [0.1, 0.15) is 23.8 Å². The summed E-state index contributed by atoms with van der Waals surface area (Å²) in [5.41, 5.74) is 1.34. The highest BCUT2D eigenvalue weighted by molar-refractivity contribution is 7.80. The van der Waals surface area contributed by atoms with Crippen molar-refractivity contribution in [2.24, 2.45) is 0 Å². The first-order valence-electron chi connectivity index (χ1n) is 5.11. The molecule has 0 aliphatic carbocycles. The van der Waals surface area contributed by atoms with Crippen LogP contribution in [0.25, 0.3) is 16.2 Å². The van der Waals surface area contributed by atoms with Gasteiger partial charge in [-0.3, -0.25) is 0 Å². The Balaban J connectivity index is 2.71. The van der Waals surface area contributed by atoms with E-state index in [4.69, 9.17) is 0 Å². The van der Waals surface area contributed by atoms with Crippen molar-refractivity contribution < 1.29 is 0 Å². The normalized spacial score (nSPS) is 11.7. The Labute approximate surface area is 100 Å². The molecule has 0 unspecified atom stereocenters. The van der Waals surface area contributed by atoms with Crippen LogP contribution in [-0.2, 0) is 0 Å². The molecule has 2 aromatic rings. The summed E-state index contributed by atoms with van der Waals surface area (Å²) in [6.45, 7) is 4.33. The van der Waals surface area contributed by atoms with Gasteiger partial charge in [-0.25, -0.2) is 0 Å². The number of fused-ring (bicyclic) bond motifs is 1. The zero-order chi connectivity index (χ0) is 10.8. The standard InChI is InChI=1S/C13H14S2/c1-3-4-6-10-9(2)15-12-8-5-7-11(14)13(10)12/h4-8,14H,3H2,1-2H3/b6-4-. The number of thiophene rings is 1. The Morgan fingerprint density at radius 1 is 1.40 bits per heavy atom. The summed E-state index contributed by atoms with van der Waals surface area (Å²) in [6, 6.07) is 6.28. The summed E-state index contributed by atoms with van der Waals surface area (Å²) in [6.07, 6.45) is 5.49. The average Bonchev–Trinajstić information content (AvgIpc) is 2.53. The molecule has 0 radical (unpaired) electrons. The molecule has 0 nitrogen and oxygen atoms in total. The lowest BCUT2D eigenvalue weighted by molar-refractivity contribution is 1.23. The van der Waals surface area contributed by atoms with Crippen LogP contribution in [0.4, 0.5) is 0 Å². The van der Waals surface area contributed by atoms with Gasteiger partial charge in [-0.05, 0) is 31.0 Å². The molecule has 78 valence electrons. The fourth-order valence-corrected chi connectivity index (χ4v) is 3.19. The van der Waals surface area contributed by atoms with Crippen LogP contribution in [-0.4, -0.2) is 0 Å². The van der Waals surface area contributed by atoms with Crippen molar-refractivity contribution >= 4 is 40.1 Å². The topological polar surface area (TPSA) is 0 Å². The van der Waals surface area contributed by atoms with Crippen molar-refractivity contribution in [3.8, 4) is 0 Å². The molecule has 0 spiro atoms. The zero-order valence-electron chi connectivity index (χ0n) is 8.95. The number of thiol groups is 1. The summed E-state index contributed by atoms with van der Waals surface area (Å²) in [5, 5.41) is 1.30. The SMILES string of the molecule is CC/C=C\c1c(C)sc2cccc(S)c12. The van der Waals surface area contributed by atoms with Crippen LogP contribution in [0.3, 0.4) is 0 Å². The van der Waals surface area contributed by atoms with Crippen molar-refractivity contribution in [2.75, 3.05) is 0 Å². The minimum atomic E-state index is 1.07. The number of rotatable bonds is 2. The van der Waals surface area contributed by atoms with E-state index in [1.54, 1.807) is 0 Å². The molecule has 1 aromatic carbocycles. The van der Waals surface area contributed by atoms with Gasteiger partial charge in [-0.1, -0.05) is 25.1 Å². The second kappa shape index (κ2) is 4.42. The average molecular weight is 234 g/mol. The molecule has 1 aromatic heterocycles. The first kappa shape index (κ1) is 10.8. The molecule has 0 saturated heterocycles. The molecule has 15 heavy (non-hydrogen) atoms. The minimum absolute atomic E-state index is 1.07. The van der Waals surface area contributed by atoms with E-state index < -0.39 is 0 Å². The molecule has 1 heterocycles. The number of allylic oxidation sites excluding steroid dienone is 1. The van der Waals surface area contributed by atoms with E-state index in [9.17, 15) is 0 Å². The van der Waals surface area contributed by atoms with Crippen LogP contribution >= 0.6 is 24.0 Å². The summed E-state index contributed by atoms with van der Waals surface area (Å²) >= 11 is 6.37. The number of hydrogen-bond acceptors (Lipinski definition) is 2. The molecule has 0 atom stereocenters. The smallest absolute Gasteiger partial charge is 0.0362 e. The van der Waals surface area contributed by atoms with E-state index in [2.05, 4.69) is 56.8 Å². The Hall–Kier alpha value is -0.730. The van der Waals surface area contributed by atoms with Gasteiger partial charge in [0.1, 0.15) is 0 Å². The van der Waals surface area contributed by atoms with E-state index in [1.807, 2.05) is 11.3 Å². The zero-order valence-corrected chi connectivity index (χ0v) is 10.7. The fraction of sp³-hybridized carbons (Fsp3) is 0.231. The van der Waals surface area contributed by atoms with E-state index in [1.165, 1.54) is 20.5 Å². The Bertz CT molecular complexity index is 506. The highest BCUT2D eigenvalue weighted by Crippen LogP contribution is 2.35. The molecule has 0 fully saturated rings. The van der Waals surface area contributed by atoms with Crippen LogP contribution in [0.5, 0.6) is 0 Å². The first-order valence-corrected chi connectivity index (χ1v) is 6.38. The van der Waals surface area contributed by atoms with Gasteiger partial charge in [0.2, 0.25) is 0 Å². The monoisotopic (exact) mass is 234 g/mol. The Morgan fingerprint density at radius 2 is 2.20 bits per heavy atom. The predicted molar refractivity (Wildman–Crippen MR) is 73.1 cm³/mol. The lowest BCUT2D eigenvalue weighted by Gasteiger charge is -1.97. The van der Waals surface area contributed by atoms with Crippen LogP contribution in [0.15, 0.2) is 29.2 Å². The summed E-state index contributed by atoms with van der Waals surface area (Å²) in [5.74, 6) is 0. The number of benzene rings is 1. The third-order valence-corrected chi connectivity index (χ3v) is 3.90. The van der Waals surface area contributed by atoms with Gasteiger partial charge in [-0.15, -0.1) is 24.0 Å². The highest BCUT2D eigenvalue weighted by atomic mass is 32.1. The number of aryl methyl sites for hydroxylation is 1. The van der Waals surface area contributed by atoms with Gasteiger partial charge in [0.15, 0.2) is 0 Å². The lowest BCUT2D eigenvalue weighted by atomic mass is 10.1. The molecule has 0 amide bonds. The molecule has 0 aliphatic rings. The van der Waals surface area contributed by atoms with Gasteiger partial charge in [0.25, 0.3) is 0 Å². The first-order chi connectivity index (χ1) is 7.24. The maximum atomic E-state index is 4.53. The van der Waals surface area contributed by atoms with Crippen LogP contribution in [0, 0.1) is 6.92 Å². The van der Waals surface area contributed by atoms with Crippen molar-refractivity contribution in [1.82, 2.24) is 0 Å². The molecular weight excluding hydrogens is 220 g/mol. The van der Waals surface area contributed by atoms with Crippen molar-refractivity contribution in [1.29, 1.82) is 0 Å². The van der Waals surface area contributed by atoms with Crippen molar-refractivity contribution in [3.63, 3.8) is 0 Å². The fourth-order valence-electron chi connectivity index (χ4n) is 1.71. The molecule has 2 rings (SSSR count). The predicted octanol–water partition coefficient (Wildman–Crippen LogP) is 4.92. The highest BCUT2D eigenvalue weighted by Gasteiger charge is 2.08. The van der Waals surface area contributed by atoms with Gasteiger partial charge in [0, 0.05) is 19.9 Å². The van der Waals surface area contributed by atoms with Crippen LogP contribution < -0.4 is 0 Å². The molecule has 0 bridgehead atoms. The third kappa shape index (κ3) is 1.97. The van der Waals surface area contributed by atoms with Crippen molar-refractivity contribution in [2.45, 2.75) is 25.2 Å². The van der Waals surface area contributed by atoms with Gasteiger partial charge in [0.05, 0.1) is 0 Å². The third-order valence-electron chi connectivity index (χ3n) is 2.44. The van der Waals surface area contributed by atoms with Gasteiger partial charge < -0.3 is 0 Å². The maximum Gasteiger partial charge on any atom is 0.0362 e. The van der Waals surface area contributed by atoms with E-state index in [-0.39, 0.29) is 0 Å². The second-order valence-corrected chi connectivity index (χ2v) is 5.27. The van der Waals surface area contributed by atoms with E-state index >= 15 is 0 Å². The molecule has 0 aliphatic heterocycles. The minimum Gasteiger partial charge on any atom is -0.143 e. The van der Waals surface area contributed by atoms with Gasteiger partial charge >= 0.3 is 0 Å². The quantitative estimate of drug-likeness (QED) is 0.700. The van der Waals surface area contributed by atoms with Gasteiger partial charge in [-0.2, -0.15) is 0 Å². The van der Waals surface area contributed by atoms with E-state index in [0.717, 1.165) is 11.3 Å². The van der Waals surface area contributed by atoms with Crippen molar-refractivity contribution in [3.05, 3.63) is 34.7 Å². The summed E-state index contributed by atoms with van der Waals surface area (Å²) < 4.78 is 1.33. The maximum absolute atomic E-state index is 4.53. The number of hydrogen-bond donors (Lipinski definition) is 1.